The van der Waals surface area contributed by atoms with Crippen LogP contribution in [0.25, 0.3) is 0 Å². The second kappa shape index (κ2) is 9.52. The van der Waals surface area contributed by atoms with Crippen molar-refractivity contribution in [1.29, 1.82) is 0 Å². The zero-order chi connectivity index (χ0) is 22.5. The van der Waals surface area contributed by atoms with Gasteiger partial charge in [0.05, 0.1) is 9.71 Å². The minimum absolute atomic E-state index is 0.206. The van der Waals surface area contributed by atoms with Crippen LogP contribution in [-0.4, -0.2) is 44.7 Å². The number of halogens is 3. The van der Waals surface area contributed by atoms with Crippen LogP contribution >= 0.6 is 0 Å². The van der Waals surface area contributed by atoms with Crippen molar-refractivity contribution in [3.63, 3.8) is 0 Å². The van der Waals surface area contributed by atoms with Crippen molar-refractivity contribution in [1.82, 2.24) is 14.6 Å². The van der Waals surface area contributed by atoms with Crippen LogP contribution < -0.4 is 10.1 Å². The summed E-state index contributed by atoms with van der Waals surface area (Å²) < 4.78 is 55.6. The maximum atomic E-state index is 13.2. The lowest BCUT2D eigenvalue weighted by Crippen LogP contribution is -2.36. The molecule has 1 N–H and O–H groups in total. The molecule has 0 saturated carbocycles. The highest BCUT2D eigenvalue weighted by Crippen LogP contribution is 2.27. The number of alkyl halides is 3. The molecular formula is C21H22F3N3O3S. The molecule has 166 valence electrons. The van der Waals surface area contributed by atoms with E-state index in [9.17, 15) is 22.2 Å². The van der Waals surface area contributed by atoms with E-state index >= 15 is 0 Å². The van der Waals surface area contributed by atoms with E-state index < -0.39 is 16.1 Å². The summed E-state index contributed by atoms with van der Waals surface area (Å²) in [7, 11) is -2.86. The number of hydrogen-bond donors (Lipinski definition) is 1. The Hall–Kier alpha value is -2.85. The van der Waals surface area contributed by atoms with Gasteiger partial charge in [-0.2, -0.15) is 0 Å². The van der Waals surface area contributed by atoms with Gasteiger partial charge in [0.2, 0.25) is 5.91 Å². The molecule has 3 rings (SSSR count). The Balaban J connectivity index is 1.55. The zero-order valence-corrected chi connectivity index (χ0v) is 17.4. The van der Waals surface area contributed by atoms with Crippen molar-refractivity contribution in [2.45, 2.75) is 30.6 Å². The van der Waals surface area contributed by atoms with Crippen molar-refractivity contribution in [2.24, 2.45) is 0 Å². The lowest BCUT2D eigenvalue weighted by molar-refractivity contribution is -0.274. The van der Waals surface area contributed by atoms with Gasteiger partial charge >= 0.3 is 6.36 Å². The number of hydrogen-bond acceptors (Lipinski definition) is 4. The first-order valence-electron chi connectivity index (χ1n) is 9.48. The summed E-state index contributed by atoms with van der Waals surface area (Å²) in [5.74, 6) is 3.22. The van der Waals surface area contributed by atoms with E-state index in [1.54, 1.807) is 28.8 Å². The highest BCUT2D eigenvalue weighted by molar-refractivity contribution is 7.98. The first-order valence-corrected chi connectivity index (χ1v) is 11.2. The Morgan fingerprint density at radius 1 is 1.23 bits per heavy atom. The third kappa shape index (κ3) is 6.56. The van der Waals surface area contributed by atoms with Crippen LogP contribution in [-0.2, 0) is 21.0 Å². The molecule has 31 heavy (non-hydrogen) atoms. The highest BCUT2D eigenvalue weighted by atomic mass is 32.2. The fourth-order valence-corrected chi connectivity index (χ4v) is 4.78. The molecule has 1 unspecified atom stereocenters. The normalized spacial score (nSPS) is 16.9. The predicted octanol–water partition coefficient (Wildman–Crippen LogP) is 3.31. The molecule has 2 heterocycles. The summed E-state index contributed by atoms with van der Waals surface area (Å²) in [6, 6.07) is 8.56. The molecule has 10 heteroatoms. The summed E-state index contributed by atoms with van der Waals surface area (Å²) >= 11 is 0. The zero-order valence-electron chi connectivity index (χ0n) is 16.6. The molecule has 1 atom stereocenters. The van der Waals surface area contributed by atoms with Gasteiger partial charge in [-0.05, 0) is 54.6 Å². The van der Waals surface area contributed by atoms with E-state index in [0.29, 0.717) is 37.4 Å². The van der Waals surface area contributed by atoms with E-state index in [2.05, 4.69) is 20.9 Å². The average molecular weight is 453 g/mol. The molecule has 0 aliphatic carbocycles. The fraction of sp³-hybridized carbons (Fsp3) is 0.286. The van der Waals surface area contributed by atoms with Gasteiger partial charge in [-0.25, -0.2) is 8.51 Å². The molecule has 1 aliphatic heterocycles. The molecular weight excluding hydrogens is 431 g/mol. The quantitative estimate of drug-likeness (QED) is 0.538. The van der Waals surface area contributed by atoms with Gasteiger partial charge in [0.15, 0.2) is 0 Å². The number of pyridine rings is 1. The van der Waals surface area contributed by atoms with Gasteiger partial charge in [0, 0.05) is 43.0 Å². The molecule has 1 aromatic heterocycles. The average Bonchev–Trinajstić information content (AvgIpc) is 2.73. The molecule has 1 aliphatic rings. The standard InChI is InChI=1S/C21H22F3N3O3S/c1-31(29,19-6-4-18(5-7-19)30-21(22,23)24)27-11-8-16(9-12-27)13-20(28)26-15-17-3-2-10-25-14-17/h2-7,10,13-14H,1,8-9,11-12,15H2,(H,26,28). The van der Waals surface area contributed by atoms with Gasteiger partial charge < -0.3 is 10.1 Å². The minimum atomic E-state index is -4.78. The monoisotopic (exact) mass is 453 g/mol. The number of nitrogens with one attached hydrogen (secondary N) is 1. The molecule has 0 radical (unpaired) electrons. The Kier molecular flexibility index (Phi) is 7.01. The number of nitrogens with zero attached hydrogens (tertiary/aromatic N) is 2. The second-order valence-corrected chi connectivity index (χ2v) is 9.24. The van der Waals surface area contributed by atoms with Crippen molar-refractivity contribution < 1.29 is 26.9 Å². The number of benzene rings is 1. The lowest BCUT2D eigenvalue weighted by Gasteiger charge is -2.31. The number of ether oxygens (including phenoxy) is 1. The van der Waals surface area contributed by atoms with Crippen molar-refractivity contribution in [2.75, 3.05) is 13.1 Å². The third-order valence-corrected chi connectivity index (χ3v) is 6.94. The van der Waals surface area contributed by atoms with Gasteiger partial charge in [-0.15, -0.1) is 13.2 Å². The first kappa shape index (κ1) is 22.8. The molecule has 6 nitrogen and oxygen atoms in total. The molecule has 1 amide bonds. The Morgan fingerprint density at radius 3 is 2.48 bits per heavy atom. The van der Waals surface area contributed by atoms with E-state index in [0.717, 1.165) is 23.3 Å². The minimum Gasteiger partial charge on any atom is -0.406 e. The molecule has 1 aromatic carbocycles. The molecule has 1 fully saturated rings. The molecule has 0 bridgehead atoms. The van der Waals surface area contributed by atoms with Crippen LogP contribution in [0.5, 0.6) is 5.75 Å². The number of piperidine rings is 1. The van der Waals surface area contributed by atoms with Gasteiger partial charge in [0.1, 0.15) is 5.75 Å². The van der Waals surface area contributed by atoms with Crippen LogP contribution in [0.2, 0.25) is 0 Å². The maximum Gasteiger partial charge on any atom is 0.573 e. The number of rotatable bonds is 6. The predicted molar refractivity (Wildman–Crippen MR) is 112 cm³/mol. The van der Waals surface area contributed by atoms with Crippen molar-refractivity contribution >= 4 is 21.5 Å². The van der Waals surface area contributed by atoms with E-state index in [4.69, 9.17) is 0 Å². The number of carbonyl (C=O) groups is 1. The largest absolute Gasteiger partial charge is 0.573 e. The molecule has 1 saturated heterocycles. The summed E-state index contributed by atoms with van der Waals surface area (Å²) in [5.41, 5.74) is 1.83. The smallest absolute Gasteiger partial charge is 0.406 e. The van der Waals surface area contributed by atoms with Crippen LogP contribution in [0.4, 0.5) is 13.2 Å². The van der Waals surface area contributed by atoms with Crippen molar-refractivity contribution in [3.05, 3.63) is 66.0 Å². The summed E-state index contributed by atoms with van der Waals surface area (Å²) in [5, 5.41) is 2.81. The second-order valence-electron chi connectivity index (χ2n) is 6.97. The molecule has 2 aromatic rings. The van der Waals surface area contributed by atoms with E-state index in [-0.39, 0.29) is 11.7 Å². The van der Waals surface area contributed by atoms with Crippen LogP contribution in [0.1, 0.15) is 18.4 Å². The lowest BCUT2D eigenvalue weighted by atomic mass is 10.1. The van der Waals surface area contributed by atoms with Crippen LogP contribution in [0.15, 0.2) is 65.3 Å². The van der Waals surface area contributed by atoms with Gasteiger partial charge in [-0.1, -0.05) is 11.6 Å². The van der Waals surface area contributed by atoms with E-state index in [1.807, 2.05) is 6.07 Å². The third-order valence-electron chi connectivity index (χ3n) is 4.73. The highest BCUT2D eigenvalue weighted by Gasteiger charge is 2.31. The number of aromatic nitrogens is 1. The SMILES string of the molecule is C=S(=O)(c1ccc(OC(F)(F)F)cc1)N1CCC(=CC(=O)NCc2cccnc2)CC1. The van der Waals surface area contributed by atoms with Gasteiger partial charge in [0.25, 0.3) is 0 Å². The fourth-order valence-electron chi connectivity index (χ4n) is 3.14. The molecule has 0 spiro atoms. The number of carbonyl (C=O) groups excluding carboxylic acids is 1. The Morgan fingerprint density at radius 2 is 1.90 bits per heavy atom. The Labute approximate surface area is 178 Å². The van der Waals surface area contributed by atoms with Gasteiger partial charge in [-0.3, -0.25) is 9.78 Å². The summed E-state index contributed by atoms with van der Waals surface area (Å²) in [6.45, 7) is 1.22. The topological polar surface area (TPSA) is 71.5 Å². The van der Waals surface area contributed by atoms with Crippen LogP contribution in [0.3, 0.4) is 0 Å². The summed E-state index contributed by atoms with van der Waals surface area (Å²) in [4.78, 5) is 16.4. The Bertz CT molecular complexity index is 1030. The van der Waals surface area contributed by atoms with Crippen LogP contribution in [0, 0.1) is 0 Å². The first-order chi connectivity index (χ1) is 14.6. The van der Waals surface area contributed by atoms with Crippen molar-refractivity contribution in [3.8, 4) is 5.75 Å². The number of amides is 1. The summed E-state index contributed by atoms with van der Waals surface area (Å²) in [6.07, 6.45) is 1.20. The van der Waals surface area contributed by atoms with E-state index in [1.165, 1.54) is 12.1 Å². The maximum absolute atomic E-state index is 13.2.